The Hall–Kier alpha value is -3.56. The number of carbonyl (C=O) groups is 2. The number of anilines is 1. The molecule has 0 spiro atoms. The molecule has 208 valence electrons. The number of rotatable bonds is 13. The van der Waals surface area contributed by atoms with Crippen LogP contribution in [-0.2, 0) is 30.7 Å². The molecule has 2 aromatic carbocycles. The molecule has 0 unspecified atom stereocenters. The molecular weight excluding hydrogens is 497 g/mol. The van der Waals surface area contributed by atoms with Crippen molar-refractivity contribution in [2.75, 3.05) is 18.0 Å². The topological polar surface area (TPSA) is 99.5 Å². The molecule has 1 aliphatic heterocycles. The second kappa shape index (κ2) is 13.5. The molecule has 2 atom stereocenters. The first-order chi connectivity index (χ1) is 18.9. The van der Waals surface area contributed by atoms with Crippen LogP contribution in [0, 0.1) is 5.82 Å². The summed E-state index contributed by atoms with van der Waals surface area (Å²) in [5.74, 6) is -1.45. The Balaban J connectivity index is 1.53. The van der Waals surface area contributed by atoms with Gasteiger partial charge in [0.1, 0.15) is 0 Å². The Morgan fingerprint density at radius 1 is 1.15 bits per heavy atom. The lowest BCUT2D eigenvalue weighted by molar-refractivity contribution is -0.117. The molecular formula is C30H38FN5O3. The number of carbonyl (C=O) groups excluding carboxylic acids is 2. The summed E-state index contributed by atoms with van der Waals surface area (Å²) in [5.41, 5.74) is 2.78. The van der Waals surface area contributed by atoms with Crippen molar-refractivity contribution in [3.8, 4) is 0 Å². The van der Waals surface area contributed by atoms with Gasteiger partial charge in [0, 0.05) is 44.4 Å². The van der Waals surface area contributed by atoms with E-state index >= 15 is 4.39 Å². The lowest BCUT2D eigenvalue weighted by atomic mass is 9.99. The van der Waals surface area contributed by atoms with Crippen molar-refractivity contribution < 1.29 is 19.1 Å². The van der Waals surface area contributed by atoms with E-state index in [2.05, 4.69) is 15.7 Å². The molecule has 3 N–H and O–H groups in total. The normalized spacial score (nSPS) is 15.0. The molecule has 1 aliphatic rings. The zero-order valence-corrected chi connectivity index (χ0v) is 22.7. The molecule has 0 radical (unpaired) electrons. The van der Waals surface area contributed by atoms with Crippen molar-refractivity contribution in [1.82, 2.24) is 20.4 Å². The first-order valence-electron chi connectivity index (χ1n) is 13.8. The summed E-state index contributed by atoms with van der Waals surface area (Å²) < 4.78 is 17.6. The Kier molecular flexibility index (Phi) is 9.84. The van der Waals surface area contributed by atoms with Gasteiger partial charge in [0.15, 0.2) is 5.82 Å². The summed E-state index contributed by atoms with van der Waals surface area (Å²) in [6.07, 6.45) is 5.67. The number of nitrogens with zero attached hydrogens (tertiary/aromatic N) is 3. The van der Waals surface area contributed by atoms with Crippen molar-refractivity contribution in [3.63, 3.8) is 0 Å². The van der Waals surface area contributed by atoms with Crippen LogP contribution >= 0.6 is 0 Å². The maximum absolute atomic E-state index is 15.7. The fourth-order valence-electron chi connectivity index (χ4n) is 4.94. The fraction of sp³-hybridized carbons (Fsp3) is 0.433. The minimum atomic E-state index is -0.933. The van der Waals surface area contributed by atoms with Gasteiger partial charge in [-0.3, -0.25) is 14.3 Å². The van der Waals surface area contributed by atoms with Gasteiger partial charge in [0.25, 0.3) is 5.91 Å². The average Bonchev–Trinajstić information content (AvgIpc) is 3.58. The van der Waals surface area contributed by atoms with Crippen molar-refractivity contribution >= 4 is 17.5 Å². The minimum Gasteiger partial charge on any atom is -0.390 e. The number of hydrogen-bond acceptors (Lipinski definition) is 5. The van der Waals surface area contributed by atoms with E-state index in [9.17, 15) is 14.7 Å². The molecule has 1 aromatic heterocycles. The van der Waals surface area contributed by atoms with Crippen LogP contribution < -0.4 is 15.5 Å². The molecule has 3 aromatic rings. The Morgan fingerprint density at radius 3 is 2.62 bits per heavy atom. The highest BCUT2D eigenvalue weighted by atomic mass is 19.1. The SMILES string of the molecule is CCCc1cc(C(=O)N[C@@H](Cc2ccccc2)[C@@H](O)CNCc2cnn(CC)c2)c(F)c(N2CCCC2=O)c1. The molecule has 1 saturated heterocycles. The van der Waals surface area contributed by atoms with Crippen LogP contribution in [0.2, 0.25) is 0 Å². The number of amides is 2. The summed E-state index contributed by atoms with van der Waals surface area (Å²) in [6.45, 7) is 5.97. The third-order valence-corrected chi connectivity index (χ3v) is 7.03. The van der Waals surface area contributed by atoms with Crippen LogP contribution in [0.1, 0.15) is 60.2 Å². The Bertz CT molecular complexity index is 1260. The highest BCUT2D eigenvalue weighted by Gasteiger charge is 2.29. The van der Waals surface area contributed by atoms with Gasteiger partial charge in [-0.05, 0) is 49.4 Å². The number of halogens is 1. The summed E-state index contributed by atoms with van der Waals surface area (Å²) in [7, 11) is 0. The second-order valence-electron chi connectivity index (χ2n) is 10.0. The minimum absolute atomic E-state index is 0.110. The number of aliphatic hydroxyl groups is 1. The first kappa shape index (κ1) is 28.4. The third-order valence-electron chi connectivity index (χ3n) is 7.03. The molecule has 0 saturated carbocycles. The predicted octanol–water partition coefficient (Wildman–Crippen LogP) is 3.61. The average molecular weight is 536 g/mol. The fourth-order valence-corrected chi connectivity index (χ4v) is 4.94. The predicted molar refractivity (Wildman–Crippen MR) is 149 cm³/mol. The van der Waals surface area contributed by atoms with Gasteiger partial charge in [0.2, 0.25) is 5.91 Å². The van der Waals surface area contributed by atoms with E-state index in [-0.39, 0.29) is 23.7 Å². The maximum atomic E-state index is 15.7. The maximum Gasteiger partial charge on any atom is 0.254 e. The summed E-state index contributed by atoms with van der Waals surface area (Å²) in [6, 6.07) is 12.1. The van der Waals surface area contributed by atoms with Gasteiger partial charge in [0.05, 0.1) is 29.6 Å². The molecule has 0 aliphatic carbocycles. The van der Waals surface area contributed by atoms with E-state index in [0.717, 1.165) is 29.7 Å². The molecule has 2 heterocycles. The van der Waals surface area contributed by atoms with E-state index in [0.29, 0.717) is 38.8 Å². The molecule has 8 nitrogen and oxygen atoms in total. The smallest absolute Gasteiger partial charge is 0.254 e. The highest BCUT2D eigenvalue weighted by molar-refractivity contribution is 6.00. The third kappa shape index (κ3) is 7.30. The molecule has 39 heavy (non-hydrogen) atoms. The van der Waals surface area contributed by atoms with Crippen molar-refractivity contribution in [2.45, 2.75) is 71.2 Å². The standard InChI is InChI=1S/C30H38FN5O3/c1-3-9-22-14-24(29(31)26(16-22)36-13-8-12-28(36)38)30(39)34-25(15-21-10-6-5-7-11-21)27(37)19-32-17-23-18-33-35(4-2)20-23/h5-7,10-11,14,16,18,20,25,27,32,37H,3-4,8-9,12-13,15,17,19H2,1-2H3,(H,34,39)/t25-,27-/m0/s1. The first-order valence-corrected chi connectivity index (χ1v) is 13.8. The summed E-state index contributed by atoms with van der Waals surface area (Å²) in [4.78, 5) is 27.3. The monoisotopic (exact) mass is 535 g/mol. The number of aromatic nitrogens is 2. The van der Waals surface area contributed by atoms with Crippen molar-refractivity contribution in [1.29, 1.82) is 0 Å². The molecule has 2 amide bonds. The quantitative estimate of drug-likeness (QED) is 0.311. The lowest BCUT2D eigenvalue weighted by Gasteiger charge is -2.26. The molecule has 0 bridgehead atoms. The van der Waals surface area contributed by atoms with E-state index in [1.54, 1.807) is 18.3 Å². The molecule has 1 fully saturated rings. The van der Waals surface area contributed by atoms with Crippen molar-refractivity contribution in [2.24, 2.45) is 0 Å². The Labute approximate surface area is 229 Å². The van der Waals surface area contributed by atoms with Crippen LogP contribution in [0.4, 0.5) is 10.1 Å². The Morgan fingerprint density at radius 2 is 1.95 bits per heavy atom. The number of aliphatic hydroxyl groups excluding tert-OH is 1. The van der Waals surface area contributed by atoms with Gasteiger partial charge in [-0.1, -0.05) is 43.7 Å². The zero-order chi connectivity index (χ0) is 27.8. The van der Waals surface area contributed by atoms with E-state index in [1.807, 2.05) is 55.1 Å². The van der Waals surface area contributed by atoms with Gasteiger partial charge in [-0.2, -0.15) is 5.10 Å². The van der Waals surface area contributed by atoms with Crippen molar-refractivity contribution in [3.05, 3.63) is 82.9 Å². The van der Waals surface area contributed by atoms with E-state index in [4.69, 9.17) is 0 Å². The number of hydrogen-bond donors (Lipinski definition) is 3. The van der Waals surface area contributed by atoms with Crippen LogP contribution in [0.5, 0.6) is 0 Å². The van der Waals surface area contributed by atoms with E-state index in [1.165, 1.54) is 4.90 Å². The number of nitrogens with one attached hydrogen (secondary N) is 2. The number of benzene rings is 2. The molecule has 9 heteroatoms. The van der Waals surface area contributed by atoms with Crippen LogP contribution in [0.3, 0.4) is 0 Å². The second-order valence-corrected chi connectivity index (χ2v) is 10.0. The molecule has 4 rings (SSSR count). The van der Waals surface area contributed by atoms with Crippen LogP contribution in [-0.4, -0.2) is 51.9 Å². The largest absolute Gasteiger partial charge is 0.390 e. The summed E-state index contributed by atoms with van der Waals surface area (Å²) >= 11 is 0. The van der Waals surface area contributed by atoms with Gasteiger partial charge < -0.3 is 20.6 Å². The van der Waals surface area contributed by atoms with Gasteiger partial charge in [-0.15, -0.1) is 0 Å². The van der Waals surface area contributed by atoms with E-state index < -0.39 is 23.9 Å². The number of aryl methyl sites for hydroxylation is 2. The van der Waals surface area contributed by atoms with Gasteiger partial charge >= 0.3 is 0 Å². The van der Waals surface area contributed by atoms with Crippen LogP contribution in [0.25, 0.3) is 0 Å². The lowest BCUT2D eigenvalue weighted by Crippen LogP contribution is -2.49. The van der Waals surface area contributed by atoms with Gasteiger partial charge in [-0.25, -0.2) is 4.39 Å². The van der Waals surface area contributed by atoms with Crippen LogP contribution in [0.15, 0.2) is 54.9 Å². The summed E-state index contributed by atoms with van der Waals surface area (Å²) in [5, 5.41) is 21.5. The highest BCUT2D eigenvalue weighted by Crippen LogP contribution is 2.29. The zero-order valence-electron chi connectivity index (χ0n) is 22.7.